The summed E-state index contributed by atoms with van der Waals surface area (Å²) in [6.07, 6.45) is 11.6. The van der Waals surface area contributed by atoms with Gasteiger partial charge < -0.3 is 13.7 Å². The Bertz CT molecular complexity index is 3010. The van der Waals surface area contributed by atoms with Crippen LogP contribution in [0.25, 0.3) is 77.5 Å². The highest BCUT2D eigenvalue weighted by atomic mass is 28.3. The molecule has 7 nitrogen and oxygen atoms in total. The molecule has 0 bridgehead atoms. The number of nitrogens with zero attached hydrogens (tertiary/aromatic N) is 5. The van der Waals surface area contributed by atoms with Gasteiger partial charge in [0.05, 0.1) is 39.4 Å². The second kappa shape index (κ2) is 14.0. The summed E-state index contributed by atoms with van der Waals surface area (Å²) in [4.78, 5) is 21.6. The first-order valence-electron chi connectivity index (χ1n) is 20.0. The van der Waals surface area contributed by atoms with Crippen molar-refractivity contribution >= 4 is 87.5 Å². The Kier molecular flexibility index (Phi) is 8.70. The number of fused-ring (bicyclic) bond motifs is 6. The van der Waals surface area contributed by atoms with Crippen molar-refractivity contribution in [3.8, 4) is 33.6 Å². The van der Waals surface area contributed by atoms with Crippen molar-refractivity contribution in [3.05, 3.63) is 152 Å². The summed E-state index contributed by atoms with van der Waals surface area (Å²) in [6, 6.07) is 40.3. The third-order valence-electron chi connectivity index (χ3n) is 11.3. The number of pyridine rings is 4. The Morgan fingerprint density at radius 3 is 1.42 bits per heavy atom. The van der Waals surface area contributed by atoms with Gasteiger partial charge >= 0.3 is 0 Å². The second-order valence-corrected chi connectivity index (χ2v) is 27.4. The van der Waals surface area contributed by atoms with Crippen molar-refractivity contribution < 1.29 is 8.83 Å². The molecule has 0 atom stereocenters. The number of aromatic nitrogens is 4. The summed E-state index contributed by atoms with van der Waals surface area (Å²) in [5.41, 5.74) is 11.6. The molecular weight excluding hydrogens is 759 g/mol. The van der Waals surface area contributed by atoms with Gasteiger partial charge in [0, 0.05) is 80.6 Å². The molecule has 6 heterocycles. The third-order valence-corrected chi connectivity index (χ3v) is 15.3. The van der Waals surface area contributed by atoms with E-state index in [-0.39, 0.29) is 0 Å². The predicted octanol–water partition coefficient (Wildman–Crippen LogP) is 12.6. The molecular formula is C50H43N5O2Si2. The lowest BCUT2D eigenvalue weighted by Crippen LogP contribution is -2.37. The average Bonchev–Trinajstić information content (AvgIpc) is 3.82. The van der Waals surface area contributed by atoms with Crippen LogP contribution >= 0.6 is 0 Å². The Morgan fingerprint density at radius 1 is 0.458 bits per heavy atom. The number of hydrogen-bond acceptors (Lipinski definition) is 7. The Labute approximate surface area is 345 Å². The van der Waals surface area contributed by atoms with Crippen LogP contribution in [-0.4, -0.2) is 36.1 Å². The van der Waals surface area contributed by atoms with Crippen LogP contribution in [0.5, 0.6) is 0 Å². The monoisotopic (exact) mass is 801 g/mol. The number of para-hydroxylation sites is 2. The van der Waals surface area contributed by atoms with Gasteiger partial charge in [-0.15, -0.1) is 0 Å². The first-order valence-corrected chi connectivity index (χ1v) is 27.0. The van der Waals surface area contributed by atoms with Gasteiger partial charge in [-0.05, 0) is 82.7 Å². The maximum Gasteiger partial charge on any atom is 0.144 e. The van der Waals surface area contributed by atoms with Crippen molar-refractivity contribution in [2.24, 2.45) is 0 Å². The molecule has 0 N–H and O–H groups in total. The summed E-state index contributed by atoms with van der Waals surface area (Å²) < 4.78 is 13.4. The van der Waals surface area contributed by atoms with E-state index in [9.17, 15) is 0 Å². The maximum atomic E-state index is 6.69. The highest BCUT2D eigenvalue weighted by molar-refractivity contribution is 6.89. The molecule has 288 valence electrons. The van der Waals surface area contributed by atoms with Gasteiger partial charge in [-0.25, -0.2) is 0 Å². The lowest BCUT2D eigenvalue weighted by molar-refractivity contribution is 0.669. The standard InChI is InChI=1S/C50H43N5O2Si2/c1-58(2,3)35-15-17-44(53-29-35)42-27-33(25-40-38-11-7-9-13-47(38)56-49(40)42)55(46-31-52-24-21-37(46)32-19-22-51-23-20-32)34-26-41-39-12-8-10-14-48(39)57-50(41)43(28-34)45-18-16-36(30-54-45)59(4,5)6/h7-31H,1-6H3. The van der Waals surface area contributed by atoms with Crippen LogP contribution in [0.1, 0.15) is 0 Å². The Balaban J connectivity index is 1.30. The van der Waals surface area contributed by atoms with Crippen LogP contribution in [0.3, 0.4) is 0 Å². The van der Waals surface area contributed by atoms with E-state index >= 15 is 0 Å². The van der Waals surface area contributed by atoms with Crippen LogP contribution in [0, 0.1) is 0 Å². The quantitative estimate of drug-likeness (QED) is 0.142. The van der Waals surface area contributed by atoms with E-state index < -0.39 is 16.1 Å². The van der Waals surface area contributed by atoms with Crippen molar-refractivity contribution in [3.63, 3.8) is 0 Å². The summed E-state index contributed by atoms with van der Waals surface area (Å²) in [7, 11) is -3.18. The molecule has 0 fully saturated rings. The minimum absolute atomic E-state index is 0.798. The second-order valence-electron chi connectivity index (χ2n) is 17.3. The molecule has 9 heteroatoms. The number of benzene rings is 4. The van der Waals surface area contributed by atoms with Gasteiger partial charge in [0.15, 0.2) is 0 Å². The van der Waals surface area contributed by atoms with Crippen molar-refractivity contribution in [2.45, 2.75) is 39.3 Å². The summed E-state index contributed by atoms with van der Waals surface area (Å²) in [5.74, 6) is 0. The average molecular weight is 802 g/mol. The molecule has 0 amide bonds. The van der Waals surface area contributed by atoms with E-state index in [0.717, 1.165) is 94.6 Å². The highest BCUT2D eigenvalue weighted by Gasteiger charge is 2.26. The fraction of sp³-hybridized carbons (Fsp3) is 0.120. The largest absolute Gasteiger partial charge is 0.455 e. The zero-order valence-corrected chi connectivity index (χ0v) is 36.0. The van der Waals surface area contributed by atoms with Gasteiger partial charge in [-0.1, -0.05) is 87.8 Å². The van der Waals surface area contributed by atoms with E-state index in [1.165, 1.54) is 10.4 Å². The number of hydrogen-bond donors (Lipinski definition) is 0. The molecule has 0 spiro atoms. The normalized spacial score (nSPS) is 12.2. The number of furan rings is 2. The molecule has 0 radical (unpaired) electrons. The van der Waals surface area contributed by atoms with Crippen LogP contribution in [0.2, 0.25) is 39.3 Å². The minimum Gasteiger partial charge on any atom is -0.455 e. The molecule has 0 unspecified atom stereocenters. The fourth-order valence-corrected chi connectivity index (χ4v) is 10.1. The van der Waals surface area contributed by atoms with Gasteiger partial charge in [-0.2, -0.15) is 0 Å². The Morgan fingerprint density at radius 2 is 0.949 bits per heavy atom. The van der Waals surface area contributed by atoms with Gasteiger partial charge in [0.25, 0.3) is 0 Å². The molecule has 0 saturated heterocycles. The first-order chi connectivity index (χ1) is 28.5. The van der Waals surface area contributed by atoms with Crippen LogP contribution < -0.4 is 15.3 Å². The molecule has 10 aromatic rings. The molecule has 4 aromatic carbocycles. The lowest BCUT2D eigenvalue weighted by Gasteiger charge is -2.28. The van der Waals surface area contributed by atoms with E-state index in [2.05, 4.69) is 128 Å². The minimum atomic E-state index is -1.59. The van der Waals surface area contributed by atoms with Crippen LogP contribution in [0.4, 0.5) is 17.1 Å². The molecule has 10 rings (SSSR count). The Hall–Kier alpha value is -6.69. The van der Waals surface area contributed by atoms with Crippen LogP contribution in [-0.2, 0) is 0 Å². The van der Waals surface area contributed by atoms with Crippen molar-refractivity contribution in [1.82, 2.24) is 19.9 Å². The highest BCUT2D eigenvalue weighted by Crippen LogP contribution is 2.48. The zero-order chi connectivity index (χ0) is 40.5. The third kappa shape index (κ3) is 6.52. The van der Waals surface area contributed by atoms with Crippen molar-refractivity contribution in [2.75, 3.05) is 4.90 Å². The predicted molar refractivity (Wildman–Crippen MR) is 249 cm³/mol. The SMILES string of the molecule is C[Si](C)(C)c1ccc(-c2cc(N(c3cc(-c4ccc([Si](C)(C)C)cn4)c4oc5ccccc5c4c3)c3cnccc3-c3ccncc3)cc3c2oc2ccccc23)nc1. The van der Waals surface area contributed by atoms with E-state index in [1.807, 2.05) is 73.6 Å². The number of anilines is 3. The van der Waals surface area contributed by atoms with Gasteiger partial charge in [0.2, 0.25) is 0 Å². The molecule has 59 heavy (non-hydrogen) atoms. The number of rotatable bonds is 8. The smallest absolute Gasteiger partial charge is 0.144 e. The van der Waals surface area contributed by atoms with Crippen molar-refractivity contribution in [1.29, 1.82) is 0 Å². The van der Waals surface area contributed by atoms with E-state index in [0.29, 0.717) is 0 Å². The molecule has 0 saturated carbocycles. The van der Waals surface area contributed by atoms with E-state index in [1.54, 1.807) is 0 Å². The first kappa shape index (κ1) is 36.6. The summed E-state index contributed by atoms with van der Waals surface area (Å²) in [6.45, 7) is 14.1. The maximum absolute atomic E-state index is 6.69. The van der Waals surface area contributed by atoms with Crippen LogP contribution in [0.15, 0.2) is 161 Å². The molecule has 0 aliphatic carbocycles. The molecule has 0 aliphatic rings. The summed E-state index contributed by atoms with van der Waals surface area (Å²) >= 11 is 0. The zero-order valence-electron chi connectivity index (χ0n) is 34.0. The topological polar surface area (TPSA) is 81.1 Å². The van der Waals surface area contributed by atoms with Gasteiger partial charge in [0.1, 0.15) is 22.3 Å². The van der Waals surface area contributed by atoms with Gasteiger partial charge in [-0.3, -0.25) is 19.9 Å². The lowest BCUT2D eigenvalue weighted by atomic mass is 10.00. The summed E-state index contributed by atoms with van der Waals surface area (Å²) in [5, 5.41) is 6.68. The molecule has 0 aliphatic heterocycles. The van der Waals surface area contributed by atoms with E-state index in [4.69, 9.17) is 23.8 Å². The molecule has 6 aromatic heterocycles. The fourth-order valence-electron chi connectivity index (χ4n) is 8.02.